The van der Waals surface area contributed by atoms with E-state index in [2.05, 4.69) is 0 Å². The Labute approximate surface area is 78.9 Å². The van der Waals surface area contributed by atoms with Crippen LogP contribution in [0.3, 0.4) is 0 Å². The van der Waals surface area contributed by atoms with Crippen LogP contribution in [0.2, 0.25) is 0 Å². The molecule has 0 amide bonds. The molecule has 1 aliphatic heterocycles. The van der Waals surface area contributed by atoms with Gasteiger partial charge in [0, 0.05) is 12.0 Å². The lowest BCUT2D eigenvalue weighted by molar-refractivity contribution is -0.126. The zero-order valence-corrected chi connectivity index (χ0v) is 8.30. The molecule has 0 atom stereocenters. The summed E-state index contributed by atoms with van der Waals surface area (Å²) in [4.78, 5) is 11.8. The van der Waals surface area contributed by atoms with Gasteiger partial charge in [-0.05, 0) is 18.9 Å². The Balaban J connectivity index is 2.71. The van der Waals surface area contributed by atoms with Crippen molar-refractivity contribution in [1.29, 1.82) is 0 Å². The van der Waals surface area contributed by atoms with E-state index in [9.17, 15) is 4.79 Å². The number of hydrogen-bond donors (Lipinski definition) is 1. The molecule has 2 N–H and O–H groups in total. The quantitative estimate of drug-likeness (QED) is 0.716. The Morgan fingerprint density at radius 2 is 2.38 bits per heavy atom. The topological polar surface area (TPSA) is 52.3 Å². The molecule has 0 spiro atoms. The highest BCUT2D eigenvalue weighted by Gasteiger charge is 2.30. The van der Waals surface area contributed by atoms with Gasteiger partial charge in [0.05, 0.1) is 6.61 Å². The summed E-state index contributed by atoms with van der Waals surface area (Å²) in [7, 11) is 0. The van der Waals surface area contributed by atoms with E-state index in [1.165, 1.54) is 0 Å². The van der Waals surface area contributed by atoms with Gasteiger partial charge in [-0.15, -0.1) is 0 Å². The lowest BCUT2D eigenvalue weighted by atomic mass is 9.86. The van der Waals surface area contributed by atoms with Crippen molar-refractivity contribution in [2.75, 3.05) is 13.2 Å². The summed E-state index contributed by atoms with van der Waals surface area (Å²) in [6, 6.07) is 0. The number of nitrogens with two attached hydrogens (primary N) is 1. The average Bonchev–Trinajstić information content (AvgIpc) is 2.18. The zero-order valence-electron chi connectivity index (χ0n) is 8.30. The van der Waals surface area contributed by atoms with Crippen molar-refractivity contribution in [3.63, 3.8) is 0 Å². The SMILES string of the molecule is CC(C)(CN)C(=O)C1=CCCCO1. The Kier molecular flexibility index (Phi) is 3.09. The summed E-state index contributed by atoms with van der Waals surface area (Å²) < 4.78 is 5.28. The van der Waals surface area contributed by atoms with E-state index >= 15 is 0 Å². The minimum Gasteiger partial charge on any atom is -0.490 e. The van der Waals surface area contributed by atoms with Crippen LogP contribution in [0.25, 0.3) is 0 Å². The van der Waals surface area contributed by atoms with Gasteiger partial charge in [0.1, 0.15) is 0 Å². The van der Waals surface area contributed by atoms with Crippen molar-refractivity contribution >= 4 is 5.78 Å². The number of ether oxygens (including phenoxy) is 1. The normalized spacial score (nSPS) is 17.6. The molecule has 0 radical (unpaired) electrons. The van der Waals surface area contributed by atoms with Crippen molar-refractivity contribution < 1.29 is 9.53 Å². The molecule has 0 saturated carbocycles. The van der Waals surface area contributed by atoms with Crippen LogP contribution < -0.4 is 5.73 Å². The van der Waals surface area contributed by atoms with Gasteiger partial charge in [-0.3, -0.25) is 4.79 Å². The number of carbonyl (C=O) groups is 1. The number of ketones is 1. The van der Waals surface area contributed by atoms with Gasteiger partial charge in [-0.2, -0.15) is 0 Å². The van der Waals surface area contributed by atoms with Crippen LogP contribution >= 0.6 is 0 Å². The fourth-order valence-electron chi connectivity index (χ4n) is 1.14. The highest BCUT2D eigenvalue weighted by atomic mass is 16.5. The largest absolute Gasteiger partial charge is 0.490 e. The molecule has 0 unspecified atom stereocenters. The predicted molar refractivity (Wildman–Crippen MR) is 51.1 cm³/mol. The molecular weight excluding hydrogens is 166 g/mol. The zero-order chi connectivity index (χ0) is 9.90. The molecule has 0 aromatic carbocycles. The van der Waals surface area contributed by atoms with E-state index in [4.69, 9.17) is 10.5 Å². The maximum atomic E-state index is 11.8. The Morgan fingerprint density at radius 1 is 1.69 bits per heavy atom. The van der Waals surface area contributed by atoms with E-state index in [0.717, 1.165) is 12.8 Å². The van der Waals surface area contributed by atoms with Crippen LogP contribution in [-0.4, -0.2) is 18.9 Å². The maximum absolute atomic E-state index is 11.8. The number of carbonyl (C=O) groups excluding carboxylic acids is 1. The molecule has 0 aromatic heterocycles. The van der Waals surface area contributed by atoms with Gasteiger partial charge >= 0.3 is 0 Å². The van der Waals surface area contributed by atoms with Crippen LogP contribution in [0.15, 0.2) is 11.8 Å². The minimum atomic E-state index is -0.497. The van der Waals surface area contributed by atoms with E-state index < -0.39 is 5.41 Å². The summed E-state index contributed by atoms with van der Waals surface area (Å²) in [6.07, 6.45) is 3.80. The van der Waals surface area contributed by atoms with Gasteiger partial charge in [0.15, 0.2) is 5.76 Å². The molecule has 74 valence electrons. The molecule has 1 rings (SSSR count). The molecule has 0 bridgehead atoms. The smallest absolute Gasteiger partial charge is 0.203 e. The third-order valence-corrected chi connectivity index (χ3v) is 2.28. The predicted octanol–water partition coefficient (Wildman–Crippen LogP) is 1.23. The van der Waals surface area contributed by atoms with Crippen molar-refractivity contribution in [2.24, 2.45) is 11.1 Å². The van der Waals surface area contributed by atoms with Gasteiger partial charge in [-0.25, -0.2) is 0 Å². The molecule has 1 aliphatic rings. The molecule has 3 nitrogen and oxygen atoms in total. The first-order chi connectivity index (χ1) is 6.08. The van der Waals surface area contributed by atoms with Crippen molar-refractivity contribution in [2.45, 2.75) is 26.7 Å². The second kappa shape index (κ2) is 3.92. The second-order valence-corrected chi connectivity index (χ2v) is 3.98. The monoisotopic (exact) mass is 183 g/mol. The van der Waals surface area contributed by atoms with Crippen LogP contribution in [0.5, 0.6) is 0 Å². The Morgan fingerprint density at radius 3 is 2.85 bits per heavy atom. The Bertz CT molecular complexity index is 231. The minimum absolute atomic E-state index is 0.0229. The summed E-state index contributed by atoms with van der Waals surface area (Å²) in [5.41, 5.74) is 5.01. The number of Topliss-reactive ketones (excluding diaryl/α,β-unsaturated/α-hetero) is 1. The van der Waals surface area contributed by atoms with Crippen LogP contribution in [0.4, 0.5) is 0 Å². The fourth-order valence-corrected chi connectivity index (χ4v) is 1.14. The number of rotatable bonds is 3. The molecule has 3 heteroatoms. The molecule has 0 aromatic rings. The van der Waals surface area contributed by atoms with Crippen LogP contribution in [0, 0.1) is 5.41 Å². The lowest BCUT2D eigenvalue weighted by Gasteiger charge is -2.23. The molecule has 13 heavy (non-hydrogen) atoms. The fraction of sp³-hybridized carbons (Fsp3) is 0.700. The van der Waals surface area contributed by atoms with E-state index in [1.54, 1.807) is 0 Å². The highest BCUT2D eigenvalue weighted by molar-refractivity contribution is 5.97. The van der Waals surface area contributed by atoms with Gasteiger partial charge < -0.3 is 10.5 Å². The number of allylic oxidation sites excluding steroid dienone is 2. The first kappa shape index (κ1) is 10.3. The molecule has 0 fully saturated rings. The highest BCUT2D eigenvalue weighted by Crippen LogP contribution is 2.22. The molecular formula is C10H17NO2. The van der Waals surface area contributed by atoms with Crippen LogP contribution in [0.1, 0.15) is 26.7 Å². The van der Waals surface area contributed by atoms with Crippen LogP contribution in [-0.2, 0) is 9.53 Å². The maximum Gasteiger partial charge on any atom is 0.203 e. The summed E-state index contributed by atoms with van der Waals surface area (Å²) >= 11 is 0. The second-order valence-electron chi connectivity index (χ2n) is 3.98. The van der Waals surface area contributed by atoms with Gasteiger partial charge in [-0.1, -0.05) is 13.8 Å². The first-order valence-electron chi connectivity index (χ1n) is 4.66. The average molecular weight is 183 g/mol. The summed E-state index contributed by atoms with van der Waals surface area (Å²) in [6.45, 7) is 4.69. The van der Waals surface area contributed by atoms with Gasteiger partial charge in [0.25, 0.3) is 0 Å². The third kappa shape index (κ3) is 2.31. The third-order valence-electron chi connectivity index (χ3n) is 2.28. The standard InChI is InChI=1S/C10H17NO2/c1-10(2,7-11)9(12)8-5-3-4-6-13-8/h5H,3-4,6-7,11H2,1-2H3. The molecule has 0 saturated heterocycles. The van der Waals surface area contributed by atoms with Crippen molar-refractivity contribution in [3.05, 3.63) is 11.8 Å². The summed E-state index contributed by atoms with van der Waals surface area (Å²) in [5, 5.41) is 0. The summed E-state index contributed by atoms with van der Waals surface area (Å²) in [5.74, 6) is 0.524. The first-order valence-corrected chi connectivity index (χ1v) is 4.66. The van der Waals surface area contributed by atoms with Crippen molar-refractivity contribution in [1.82, 2.24) is 0 Å². The lowest BCUT2D eigenvalue weighted by Crippen LogP contribution is -2.34. The Hall–Kier alpha value is -0.830. The van der Waals surface area contributed by atoms with Crippen molar-refractivity contribution in [3.8, 4) is 0 Å². The van der Waals surface area contributed by atoms with E-state index in [-0.39, 0.29) is 5.78 Å². The van der Waals surface area contributed by atoms with Gasteiger partial charge in [0.2, 0.25) is 5.78 Å². The molecule has 0 aliphatic carbocycles. The van der Waals surface area contributed by atoms with E-state index in [0.29, 0.717) is 18.9 Å². The number of hydrogen-bond acceptors (Lipinski definition) is 3. The molecule has 1 heterocycles. The van der Waals surface area contributed by atoms with E-state index in [1.807, 2.05) is 19.9 Å².